The van der Waals surface area contributed by atoms with Gasteiger partial charge in [0.05, 0.1) is 33.5 Å². The Labute approximate surface area is 169 Å². The first-order valence-electron chi connectivity index (χ1n) is 8.98. The van der Waals surface area contributed by atoms with Crippen LogP contribution in [0.15, 0.2) is 36.4 Å². The molecule has 0 radical (unpaired) electrons. The number of benzene rings is 2. The maximum Gasteiger partial charge on any atom is 0.339 e. The van der Waals surface area contributed by atoms with E-state index in [1.807, 2.05) is 6.92 Å². The van der Waals surface area contributed by atoms with Crippen molar-refractivity contribution in [1.82, 2.24) is 0 Å². The van der Waals surface area contributed by atoms with Gasteiger partial charge in [0.2, 0.25) is 5.75 Å². The van der Waals surface area contributed by atoms with Crippen LogP contribution in [-0.4, -0.2) is 45.9 Å². The fourth-order valence-electron chi connectivity index (χ4n) is 2.53. The van der Waals surface area contributed by atoms with Crippen LogP contribution < -0.4 is 24.3 Å². The molecule has 0 heterocycles. The lowest BCUT2D eigenvalue weighted by Gasteiger charge is -2.16. The minimum atomic E-state index is -1.02. The zero-order valence-corrected chi connectivity index (χ0v) is 17.1. The number of hydrogen-bond acceptors (Lipinski definition) is 7. The van der Waals surface area contributed by atoms with Gasteiger partial charge >= 0.3 is 5.97 Å². The Morgan fingerprint density at radius 2 is 1.55 bits per heavy atom. The summed E-state index contributed by atoms with van der Waals surface area (Å²) in [6, 6.07) is 9.81. The molecule has 0 aliphatic heterocycles. The van der Waals surface area contributed by atoms with Crippen molar-refractivity contribution in [3.63, 3.8) is 0 Å². The Hall–Kier alpha value is -3.42. The Morgan fingerprint density at radius 3 is 2.03 bits per heavy atom. The van der Waals surface area contributed by atoms with Gasteiger partial charge in [-0.3, -0.25) is 4.79 Å². The van der Waals surface area contributed by atoms with Crippen molar-refractivity contribution < 1.29 is 33.3 Å². The topological polar surface area (TPSA) is 92.3 Å². The first-order valence-corrected chi connectivity index (χ1v) is 8.98. The van der Waals surface area contributed by atoms with Gasteiger partial charge in [-0.1, -0.05) is 0 Å². The normalized spacial score (nSPS) is 11.2. The molecule has 29 heavy (non-hydrogen) atoms. The van der Waals surface area contributed by atoms with E-state index in [9.17, 15) is 9.59 Å². The number of ether oxygens (including phenoxy) is 5. The molecule has 1 atom stereocenters. The molecule has 0 unspecified atom stereocenters. The van der Waals surface area contributed by atoms with Crippen molar-refractivity contribution in [1.29, 1.82) is 0 Å². The van der Waals surface area contributed by atoms with Gasteiger partial charge in [0.15, 0.2) is 17.6 Å². The van der Waals surface area contributed by atoms with Gasteiger partial charge in [-0.05, 0) is 50.2 Å². The summed E-state index contributed by atoms with van der Waals surface area (Å²) in [5.41, 5.74) is 0.731. The maximum absolute atomic E-state index is 12.5. The maximum atomic E-state index is 12.5. The number of anilines is 1. The van der Waals surface area contributed by atoms with Crippen molar-refractivity contribution in [2.75, 3.05) is 33.3 Å². The number of nitrogens with one attached hydrogen (secondary N) is 1. The smallest absolute Gasteiger partial charge is 0.339 e. The first kappa shape index (κ1) is 21.9. The number of hydrogen-bond donors (Lipinski definition) is 1. The highest BCUT2D eigenvalue weighted by molar-refractivity contribution is 5.97. The van der Waals surface area contributed by atoms with Crippen molar-refractivity contribution in [2.24, 2.45) is 0 Å². The van der Waals surface area contributed by atoms with E-state index in [1.54, 1.807) is 24.3 Å². The molecule has 0 aliphatic carbocycles. The summed E-state index contributed by atoms with van der Waals surface area (Å²) >= 11 is 0. The van der Waals surface area contributed by atoms with Crippen molar-refractivity contribution in [2.45, 2.75) is 20.0 Å². The second kappa shape index (κ2) is 10.2. The Balaban J connectivity index is 2.06. The summed E-state index contributed by atoms with van der Waals surface area (Å²) in [5, 5.41) is 2.69. The predicted molar refractivity (Wildman–Crippen MR) is 107 cm³/mol. The van der Waals surface area contributed by atoms with E-state index >= 15 is 0 Å². The van der Waals surface area contributed by atoms with E-state index in [0.29, 0.717) is 35.3 Å². The zero-order valence-electron chi connectivity index (χ0n) is 17.1. The molecule has 0 spiro atoms. The molecule has 2 rings (SSSR count). The van der Waals surface area contributed by atoms with E-state index in [-0.39, 0.29) is 5.56 Å². The van der Waals surface area contributed by atoms with Gasteiger partial charge < -0.3 is 29.0 Å². The molecule has 8 heteroatoms. The third-order valence-electron chi connectivity index (χ3n) is 3.99. The number of carbonyl (C=O) groups is 2. The van der Waals surface area contributed by atoms with Crippen LogP contribution in [0.3, 0.4) is 0 Å². The molecule has 156 valence electrons. The molecule has 8 nitrogen and oxygen atoms in total. The first-order chi connectivity index (χ1) is 13.9. The molecule has 2 aromatic carbocycles. The second-order valence-corrected chi connectivity index (χ2v) is 5.91. The summed E-state index contributed by atoms with van der Waals surface area (Å²) < 4.78 is 26.3. The van der Waals surface area contributed by atoms with Crippen molar-refractivity contribution in [3.05, 3.63) is 42.0 Å². The number of amides is 1. The highest BCUT2D eigenvalue weighted by atomic mass is 16.6. The lowest BCUT2D eigenvalue weighted by molar-refractivity contribution is -0.123. The zero-order chi connectivity index (χ0) is 21.4. The Morgan fingerprint density at radius 1 is 0.966 bits per heavy atom. The SMILES string of the molecule is CCOc1ccc(NC(=O)[C@@H](C)OC(=O)c2cc(OC)c(OC)c(OC)c2)cc1. The Kier molecular flexibility index (Phi) is 7.70. The number of rotatable bonds is 9. The molecular formula is C21H25NO7. The van der Waals surface area contributed by atoms with E-state index in [1.165, 1.54) is 40.4 Å². The molecule has 0 aromatic heterocycles. The van der Waals surface area contributed by atoms with Crippen LogP contribution >= 0.6 is 0 Å². The molecule has 1 N–H and O–H groups in total. The summed E-state index contributed by atoms with van der Waals surface area (Å²) in [4.78, 5) is 24.8. The summed E-state index contributed by atoms with van der Waals surface area (Å²) in [5.74, 6) is 0.518. The van der Waals surface area contributed by atoms with Gasteiger partial charge in [-0.25, -0.2) is 4.79 Å². The lowest BCUT2D eigenvalue weighted by atomic mass is 10.2. The van der Waals surface area contributed by atoms with Gasteiger partial charge in [-0.15, -0.1) is 0 Å². The highest BCUT2D eigenvalue weighted by Gasteiger charge is 2.22. The van der Waals surface area contributed by atoms with Crippen LogP contribution in [0.2, 0.25) is 0 Å². The molecule has 1 amide bonds. The standard InChI is InChI=1S/C21H25NO7/c1-6-28-16-9-7-15(8-10-16)22-20(23)13(2)29-21(24)14-11-17(25-3)19(27-5)18(12-14)26-4/h7-13H,6H2,1-5H3,(H,22,23)/t13-/m1/s1. The van der Waals surface area contributed by atoms with Crippen LogP contribution in [0, 0.1) is 0 Å². The fourth-order valence-corrected chi connectivity index (χ4v) is 2.53. The summed E-state index contributed by atoms with van der Waals surface area (Å²) in [6.45, 7) is 3.93. The predicted octanol–water partition coefficient (Wildman–Crippen LogP) is 3.30. The van der Waals surface area contributed by atoms with Crippen LogP contribution in [-0.2, 0) is 9.53 Å². The van der Waals surface area contributed by atoms with E-state index in [4.69, 9.17) is 23.7 Å². The monoisotopic (exact) mass is 403 g/mol. The number of methoxy groups -OCH3 is 3. The Bertz CT molecular complexity index is 824. The number of esters is 1. The van der Waals surface area contributed by atoms with Gasteiger partial charge in [0, 0.05) is 5.69 Å². The molecule has 0 bridgehead atoms. The van der Waals surface area contributed by atoms with Crippen LogP contribution in [0.5, 0.6) is 23.0 Å². The van der Waals surface area contributed by atoms with Crippen LogP contribution in [0.4, 0.5) is 5.69 Å². The van der Waals surface area contributed by atoms with E-state index < -0.39 is 18.0 Å². The van der Waals surface area contributed by atoms with Crippen LogP contribution in [0.1, 0.15) is 24.2 Å². The number of carbonyl (C=O) groups excluding carboxylic acids is 2. The second-order valence-electron chi connectivity index (χ2n) is 5.91. The fraction of sp³-hybridized carbons (Fsp3) is 0.333. The highest BCUT2D eigenvalue weighted by Crippen LogP contribution is 2.38. The average Bonchev–Trinajstić information content (AvgIpc) is 2.73. The quantitative estimate of drug-likeness (QED) is 0.642. The summed E-state index contributed by atoms with van der Waals surface area (Å²) in [7, 11) is 4.35. The van der Waals surface area contributed by atoms with Gasteiger partial charge in [0.1, 0.15) is 5.75 Å². The van der Waals surface area contributed by atoms with E-state index in [0.717, 1.165) is 0 Å². The van der Waals surface area contributed by atoms with Gasteiger partial charge in [-0.2, -0.15) is 0 Å². The average molecular weight is 403 g/mol. The van der Waals surface area contributed by atoms with Crippen molar-refractivity contribution in [3.8, 4) is 23.0 Å². The van der Waals surface area contributed by atoms with Crippen molar-refractivity contribution >= 4 is 17.6 Å². The largest absolute Gasteiger partial charge is 0.494 e. The molecule has 0 saturated heterocycles. The molecular weight excluding hydrogens is 378 g/mol. The van der Waals surface area contributed by atoms with Crippen LogP contribution in [0.25, 0.3) is 0 Å². The minimum absolute atomic E-state index is 0.167. The third-order valence-corrected chi connectivity index (χ3v) is 3.99. The third kappa shape index (κ3) is 5.54. The molecule has 0 aliphatic rings. The van der Waals surface area contributed by atoms with E-state index in [2.05, 4.69) is 5.32 Å². The molecule has 0 fully saturated rings. The lowest BCUT2D eigenvalue weighted by Crippen LogP contribution is -2.30. The summed E-state index contributed by atoms with van der Waals surface area (Å²) in [6.07, 6.45) is -1.02. The minimum Gasteiger partial charge on any atom is -0.494 e. The van der Waals surface area contributed by atoms with Gasteiger partial charge in [0.25, 0.3) is 5.91 Å². The molecule has 2 aromatic rings. The molecule has 0 saturated carbocycles.